The van der Waals surface area contributed by atoms with Gasteiger partial charge in [0.25, 0.3) is 0 Å². The van der Waals surface area contributed by atoms with Crippen LogP contribution in [-0.2, 0) is 81.6 Å². The summed E-state index contributed by atoms with van der Waals surface area (Å²) in [6, 6.07) is 17.5. The number of nitrogens with one attached hydrogen (secondary N) is 5. The number of carbonyl (C=O) groups is 7. The van der Waals surface area contributed by atoms with Crippen molar-refractivity contribution in [3.8, 4) is 0 Å². The molecular formula is C39H49N9O18. The van der Waals surface area contributed by atoms with E-state index in [0.29, 0.717) is 37.8 Å². The topological polar surface area (TPSA) is 377 Å². The summed E-state index contributed by atoms with van der Waals surface area (Å²) in [4.78, 5) is 95.9. The third kappa shape index (κ3) is 17.6. The lowest BCUT2D eigenvalue weighted by Gasteiger charge is -2.38. The van der Waals surface area contributed by atoms with Crippen LogP contribution in [0.3, 0.4) is 0 Å². The smallest absolute Gasteiger partial charge is 0.322 e. The number of amides is 4. The molecule has 66 heavy (non-hydrogen) atoms. The number of nitrogens with zero attached hydrogens (tertiary/aromatic N) is 4. The fourth-order valence-corrected chi connectivity index (χ4v) is 6.92. The second-order valence-electron chi connectivity index (χ2n) is 14.4. The number of rotatable bonds is 26. The Morgan fingerprint density at radius 2 is 1.44 bits per heavy atom. The number of fused-ring (bicyclic) bond motifs is 1. The van der Waals surface area contributed by atoms with E-state index in [1.165, 1.54) is 38.1 Å². The molecule has 4 amide bonds. The number of carboxylic acid groups (broad SMARTS) is 2. The summed E-state index contributed by atoms with van der Waals surface area (Å²) in [5.74, 6) is -7.37. The number of Topliss-reactive ketones (excluding diaryl/α,β-unsaturated/α-hetero) is 1. The predicted molar refractivity (Wildman–Crippen MR) is 217 cm³/mol. The summed E-state index contributed by atoms with van der Waals surface area (Å²) in [5, 5.41) is 70.8. The van der Waals surface area contributed by atoms with E-state index >= 15 is 0 Å². The zero-order valence-electron chi connectivity index (χ0n) is 35.4. The number of carbonyl (C=O) groups excluding carboxylic acids is 5. The molecule has 1 saturated carbocycles. The zero-order valence-corrected chi connectivity index (χ0v) is 35.4. The van der Waals surface area contributed by atoms with Gasteiger partial charge in [-0.3, -0.25) is 33.6 Å². The van der Waals surface area contributed by atoms with Crippen LogP contribution < -0.4 is 21.3 Å². The van der Waals surface area contributed by atoms with Crippen LogP contribution in [0.5, 0.6) is 0 Å². The lowest BCUT2D eigenvalue weighted by atomic mass is 9.80. The van der Waals surface area contributed by atoms with Crippen molar-refractivity contribution in [1.82, 2.24) is 26.6 Å². The Hall–Kier alpha value is -6.95. The van der Waals surface area contributed by atoms with E-state index in [0.717, 1.165) is 22.8 Å². The lowest BCUT2D eigenvalue weighted by molar-refractivity contribution is -0.786. The fraction of sp³-hybridized carbons (Fsp3) is 0.410. The Kier molecular flexibility index (Phi) is 22.7. The maximum Gasteiger partial charge on any atom is 0.322 e. The quantitative estimate of drug-likeness (QED) is 0.0183. The molecule has 0 heterocycles. The molecule has 1 aliphatic rings. The molecule has 1 aliphatic carbocycles. The van der Waals surface area contributed by atoms with Crippen molar-refractivity contribution in [2.24, 2.45) is 15.7 Å². The molecule has 9 N–H and O–H groups in total. The lowest BCUT2D eigenvalue weighted by Crippen LogP contribution is -2.65. The third-order valence-corrected chi connectivity index (χ3v) is 9.80. The first-order valence-electron chi connectivity index (χ1n) is 19.9. The van der Waals surface area contributed by atoms with Crippen molar-refractivity contribution in [3.05, 3.63) is 83.4 Å². The first kappa shape index (κ1) is 53.4. The van der Waals surface area contributed by atoms with Gasteiger partial charge in [-0.1, -0.05) is 86.0 Å². The van der Waals surface area contributed by atoms with Crippen molar-refractivity contribution in [1.29, 1.82) is 5.53 Å². The molecule has 0 radical (unpaired) electrons. The van der Waals surface area contributed by atoms with Gasteiger partial charge in [0, 0.05) is 31.5 Å². The van der Waals surface area contributed by atoms with Crippen LogP contribution in [-0.4, -0.2) is 91.6 Å². The number of hydrogen-bond donors (Lipinski definition) is 9. The molecule has 358 valence electrons. The van der Waals surface area contributed by atoms with Gasteiger partial charge in [-0.25, -0.2) is 10.5 Å². The second kappa shape index (κ2) is 28.1. The predicted octanol–water partition coefficient (Wildman–Crippen LogP) is 3.24. The second-order valence-corrected chi connectivity index (χ2v) is 14.4. The number of aliphatic carboxylic acids is 2. The largest absolute Gasteiger partial charge is 0.480 e. The summed E-state index contributed by atoms with van der Waals surface area (Å²) < 4.78 is 0. The molecule has 0 saturated heterocycles. The van der Waals surface area contributed by atoms with Gasteiger partial charge in [-0.15, -0.1) is 0 Å². The third-order valence-electron chi connectivity index (χ3n) is 9.80. The highest BCUT2D eigenvalue weighted by Crippen LogP contribution is 2.29. The Bertz CT molecular complexity index is 2120. The van der Waals surface area contributed by atoms with Gasteiger partial charge < -0.3 is 31.5 Å². The van der Waals surface area contributed by atoms with E-state index < -0.39 is 59.1 Å². The van der Waals surface area contributed by atoms with E-state index in [9.17, 15) is 43.8 Å². The molecule has 1 fully saturated rings. The van der Waals surface area contributed by atoms with Gasteiger partial charge >= 0.3 is 11.9 Å². The van der Waals surface area contributed by atoms with Crippen molar-refractivity contribution >= 4 is 52.1 Å². The molecular weight excluding hydrogens is 882 g/mol. The van der Waals surface area contributed by atoms with E-state index in [4.69, 9.17) is 16.0 Å². The van der Waals surface area contributed by atoms with Gasteiger partial charge in [0.15, 0.2) is 5.92 Å². The molecule has 27 nitrogen and oxygen atoms in total. The molecule has 0 unspecified atom stereocenters. The molecule has 0 aliphatic heterocycles. The standard InChI is InChI=1S/C39H46N4O9.H3N5O9/c1-24(44)22-31(34(46)40-21-9-13-28-12-8-11-27-10-4-5-14-30(27)28)42-38(52)39(19-6-3-7-20-39)43-35(47)32(41-25(2)45)23-26-15-17-29(18-16-26)33(36(48)49)37(50)51;1-2-3-4-5(8-12-10-6)9-13-14-11-7/h4-5,8,10-12,14-18,31-33H,3,6-7,9,13,19-23H2,1-2H3,(H,40,46)(H,41,45)(H,42,52)(H,43,47)(H,48,49)(H,50,51);1,6-7H/b;2-1?,4-3+/t31-,32+;/m0./s1. The van der Waals surface area contributed by atoms with Crippen LogP contribution in [0.1, 0.15) is 81.4 Å². The van der Waals surface area contributed by atoms with Crippen LogP contribution >= 0.6 is 0 Å². The molecule has 2 atom stereocenters. The molecule has 27 heteroatoms. The van der Waals surface area contributed by atoms with Crippen LogP contribution in [0.15, 0.2) is 82.4 Å². The molecule has 0 aromatic heterocycles. The van der Waals surface area contributed by atoms with E-state index in [1.54, 1.807) is 0 Å². The molecule has 3 aromatic rings. The SMILES string of the molecule is CC(=O)C[C@H](NC(=O)C1(NC(=O)[C@@H](Cc2ccc(C(C(=O)O)C(=O)O)cc2)NC(C)=O)CCCCC1)C(=O)NCCCc1cccc2ccccc12.N=N/N=N/N(OOOO)OOOOO. The van der Waals surface area contributed by atoms with Crippen molar-refractivity contribution in [3.63, 3.8) is 0 Å². The summed E-state index contributed by atoms with van der Waals surface area (Å²) in [6.07, 6.45) is 3.68. The van der Waals surface area contributed by atoms with Gasteiger partial charge in [-0.05, 0) is 106 Å². The fourth-order valence-electron chi connectivity index (χ4n) is 6.92. The molecule has 3 aromatic carbocycles. The Morgan fingerprint density at radius 1 is 0.788 bits per heavy atom. The summed E-state index contributed by atoms with van der Waals surface area (Å²) in [7, 11) is 0. The van der Waals surface area contributed by atoms with Crippen molar-refractivity contribution in [2.75, 3.05) is 6.54 Å². The highest BCUT2D eigenvalue weighted by atomic mass is 17.8. The first-order valence-corrected chi connectivity index (χ1v) is 19.9. The maximum absolute atomic E-state index is 14.0. The molecule has 0 spiro atoms. The minimum atomic E-state index is -1.77. The van der Waals surface area contributed by atoms with E-state index in [1.807, 2.05) is 36.4 Å². The van der Waals surface area contributed by atoms with Crippen LogP contribution in [0.4, 0.5) is 0 Å². The normalized spacial score (nSPS) is 14.0. The first-order chi connectivity index (χ1) is 31.6. The van der Waals surface area contributed by atoms with Gasteiger partial charge in [0.05, 0.1) is 5.34 Å². The molecule has 4 rings (SSSR count). The number of benzene rings is 3. The van der Waals surface area contributed by atoms with E-state index in [-0.39, 0.29) is 42.4 Å². The number of ketones is 1. The average Bonchev–Trinajstić information content (AvgIpc) is 3.28. The number of carboxylic acids is 2. The number of hydrogen-bond acceptors (Lipinski definition) is 18. The summed E-state index contributed by atoms with van der Waals surface area (Å²) >= 11 is 0. The number of aryl methyl sites for hydroxylation is 1. The maximum atomic E-state index is 14.0. The highest BCUT2D eigenvalue weighted by molar-refractivity contribution is 5.99. The summed E-state index contributed by atoms with van der Waals surface area (Å²) in [5.41, 5.74) is 6.44. The minimum absolute atomic E-state index is 0.0380. The monoisotopic (exact) mass is 931 g/mol. The van der Waals surface area contributed by atoms with Crippen molar-refractivity contribution < 1.29 is 89.5 Å². The molecule has 0 bridgehead atoms. The van der Waals surface area contributed by atoms with Gasteiger partial charge in [-0.2, -0.15) is 5.53 Å². The van der Waals surface area contributed by atoms with E-state index in [2.05, 4.69) is 78.2 Å². The Balaban J connectivity index is 0.000000710. The Morgan fingerprint density at radius 3 is 2.06 bits per heavy atom. The van der Waals surface area contributed by atoms with Crippen LogP contribution in [0.2, 0.25) is 0 Å². The Labute approximate surface area is 374 Å². The highest BCUT2D eigenvalue weighted by Gasteiger charge is 2.43. The van der Waals surface area contributed by atoms with Crippen LogP contribution in [0.25, 0.3) is 10.8 Å². The van der Waals surface area contributed by atoms with Gasteiger partial charge in [0.2, 0.25) is 23.6 Å². The minimum Gasteiger partial charge on any atom is -0.480 e. The average molecular weight is 932 g/mol. The van der Waals surface area contributed by atoms with Crippen molar-refractivity contribution in [2.45, 2.75) is 95.2 Å². The van der Waals surface area contributed by atoms with Gasteiger partial charge in [0.1, 0.15) is 23.4 Å². The summed E-state index contributed by atoms with van der Waals surface area (Å²) in [6.45, 7) is 2.89. The zero-order chi connectivity index (χ0) is 48.5. The van der Waals surface area contributed by atoms with Crippen LogP contribution in [0, 0.1) is 5.53 Å².